The van der Waals surface area contributed by atoms with Gasteiger partial charge >= 0.3 is 12.1 Å². The first kappa shape index (κ1) is 38.4. The predicted molar refractivity (Wildman–Crippen MR) is 175 cm³/mol. The molecule has 2 bridgehead atoms. The summed E-state index contributed by atoms with van der Waals surface area (Å²) in [5, 5.41) is 5.49. The molecule has 12 nitrogen and oxygen atoms in total. The molecule has 13 heteroatoms. The largest absolute Gasteiger partial charge is 0.458 e. The molecule has 2 aliphatic rings. The van der Waals surface area contributed by atoms with Gasteiger partial charge < -0.3 is 35.3 Å². The van der Waals surface area contributed by atoms with Gasteiger partial charge in [0.2, 0.25) is 11.6 Å². The van der Waals surface area contributed by atoms with Crippen LogP contribution < -0.4 is 16.4 Å². The Morgan fingerprint density at radius 3 is 2.43 bits per heavy atom. The average Bonchev–Trinajstić information content (AvgIpc) is 3.01. The molecule has 0 radical (unpaired) electrons. The summed E-state index contributed by atoms with van der Waals surface area (Å²) in [5.74, 6) is -2.78. The molecule has 1 aliphatic heterocycles. The molecule has 0 aromatic carbocycles. The van der Waals surface area contributed by atoms with E-state index in [4.69, 9.17) is 24.7 Å². The minimum absolute atomic E-state index is 0.0511. The molecule has 0 saturated carbocycles. The normalized spacial score (nSPS) is 29.7. The monoisotopic (exact) mass is 705 g/mol. The van der Waals surface area contributed by atoms with E-state index in [2.05, 4.69) is 33.1 Å². The fraction of sp³-hybridized carbons (Fsp3) is 0.485. The lowest BCUT2D eigenvalue weighted by molar-refractivity contribution is -0.156. The Hall–Kier alpha value is -3.81. The van der Waals surface area contributed by atoms with E-state index in [0.29, 0.717) is 12.0 Å². The van der Waals surface area contributed by atoms with Crippen LogP contribution in [0.5, 0.6) is 0 Å². The first-order chi connectivity index (χ1) is 21.8. The van der Waals surface area contributed by atoms with Crippen molar-refractivity contribution in [2.45, 2.75) is 65.0 Å². The highest BCUT2D eigenvalue weighted by molar-refractivity contribution is 9.09. The molecule has 0 aromatic heterocycles. The van der Waals surface area contributed by atoms with Crippen molar-refractivity contribution in [2.75, 3.05) is 26.1 Å². The second-order valence-electron chi connectivity index (χ2n) is 11.2. The van der Waals surface area contributed by atoms with Crippen molar-refractivity contribution < 1.29 is 42.9 Å². The predicted octanol–water partition coefficient (Wildman–Crippen LogP) is 3.48. The molecule has 0 fully saturated rings. The summed E-state index contributed by atoms with van der Waals surface area (Å²) < 4.78 is 22.7. The zero-order chi connectivity index (χ0) is 34.6. The van der Waals surface area contributed by atoms with E-state index in [-0.39, 0.29) is 46.8 Å². The lowest BCUT2D eigenvalue weighted by Crippen LogP contribution is -2.40. The Morgan fingerprint density at radius 2 is 1.85 bits per heavy atom. The van der Waals surface area contributed by atoms with Gasteiger partial charge in [0.15, 0.2) is 6.10 Å². The van der Waals surface area contributed by atoms with Crippen molar-refractivity contribution in [1.82, 2.24) is 10.6 Å². The number of nitrogens with two attached hydrogens (primary N) is 1. The summed E-state index contributed by atoms with van der Waals surface area (Å²) in [6, 6.07) is 0. The van der Waals surface area contributed by atoms with Crippen molar-refractivity contribution >= 4 is 45.5 Å². The second-order valence-corrected chi connectivity index (χ2v) is 11.8. The zero-order valence-electron chi connectivity index (χ0n) is 27.1. The smallest absolute Gasteiger partial charge is 0.405 e. The standard InChI is InChI=1S/C33H44BrN3O9/c1-8-12-36-28-22-13-18(2)14-26(44-7)31(45-27(39)17-34)21(5)15-20(4)30(46-33(35)42)25(43-6)11-9-10-19(3)32(41)37-23(29(22)40)16-24(28)38/h8-11,15-16,18,21,25-26,30-31,36H,1,12-14,17H2,2-7H3,(H2,35,42)(H,37,41)/b11-9-,19-10+,20-15+/t18?,21-,25-,26-,30-,31+/m0/s1. The molecular weight excluding hydrogens is 662 g/mol. The fourth-order valence-corrected chi connectivity index (χ4v) is 5.44. The first-order valence-electron chi connectivity index (χ1n) is 14.8. The third kappa shape index (κ3) is 10.6. The van der Waals surface area contributed by atoms with Gasteiger partial charge in [-0.1, -0.05) is 60.2 Å². The highest BCUT2D eigenvalue weighted by atomic mass is 79.9. The van der Waals surface area contributed by atoms with Crippen LogP contribution in [0.15, 0.2) is 71.1 Å². The third-order valence-electron chi connectivity index (χ3n) is 7.56. The van der Waals surface area contributed by atoms with Gasteiger partial charge in [0.1, 0.15) is 17.5 Å². The van der Waals surface area contributed by atoms with Gasteiger partial charge in [0.05, 0.1) is 17.5 Å². The molecule has 1 aliphatic carbocycles. The van der Waals surface area contributed by atoms with E-state index in [9.17, 15) is 24.0 Å². The Morgan fingerprint density at radius 1 is 1.15 bits per heavy atom. The molecule has 0 saturated heterocycles. The Balaban J connectivity index is 2.73. The van der Waals surface area contributed by atoms with Gasteiger partial charge in [-0.2, -0.15) is 0 Å². The van der Waals surface area contributed by atoms with Crippen LogP contribution in [0.25, 0.3) is 0 Å². The maximum Gasteiger partial charge on any atom is 0.405 e. The number of fused-ring (bicyclic) bond motifs is 2. The van der Waals surface area contributed by atoms with Gasteiger partial charge in [-0.05, 0) is 38.2 Å². The Labute approximate surface area is 278 Å². The van der Waals surface area contributed by atoms with Crippen molar-refractivity contribution in [3.63, 3.8) is 0 Å². The molecule has 6 atom stereocenters. The number of carbonyl (C=O) groups excluding carboxylic acids is 5. The Bertz CT molecular complexity index is 1350. The van der Waals surface area contributed by atoms with Crippen LogP contribution in [0.3, 0.4) is 0 Å². The van der Waals surface area contributed by atoms with Crippen LogP contribution >= 0.6 is 15.9 Å². The molecule has 1 unspecified atom stereocenters. The maximum absolute atomic E-state index is 13.7. The molecule has 4 N–H and O–H groups in total. The van der Waals surface area contributed by atoms with E-state index < -0.39 is 59.9 Å². The summed E-state index contributed by atoms with van der Waals surface area (Å²) in [6.45, 7) is 10.9. The number of rotatable bonds is 8. The number of carbonyl (C=O) groups is 5. The highest BCUT2D eigenvalue weighted by Crippen LogP contribution is 2.30. The van der Waals surface area contributed by atoms with Crippen LogP contribution in [0.4, 0.5) is 4.79 Å². The summed E-state index contributed by atoms with van der Waals surface area (Å²) in [6.07, 6.45) is 5.30. The molecular formula is C33H44BrN3O9. The second kappa shape index (κ2) is 18.4. The van der Waals surface area contributed by atoms with E-state index >= 15 is 0 Å². The first-order valence-corrected chi connectivity index (χ1v) is 15.9. The molecule has 1 heterocycles. The molecule has 0 spiro atoms. The van der Waals surface area contributed by atoms with Crippen LogP contribution in [0.1, 0.15) is 40.5 Å². The van der Waals surface area contributed by atoms with Gasteiger partial charge in [0, 0.05) is 43.9 Å². The number of hydrogen-bond acceptors (Lipinski definition) is 10. The number of primary amides is 1. The molecule has 2 amide bonds. The maximum atomic E-state index is 13.7. The summed E-state index contributed by atoms with van der Waals surface area (Å²) in [4.78, 5) is 64.3. The van der Waals surface area contributed by atoms with Crippen molar-refractivity contribution in [3.05, 3.63) is 71.1 Å². The number of esters is 1. The minimum Gasteiger partial charge on any atom is -0.458 e. The van der Waals surface area contributed by atoms with Crippen LogP contribution in [0.2, 0.25) is 0 Å². The number of allylic oxidation sites excluding steroid dienone is 4. The molecule has 0 aromatic rings. The van der Waals surface area contributed by atoms with Gasteiger partial charge in [-0.15, -0.1) is 6.58 Å². The third-order valence-corrected chi connectivity index (χ3v) is 8.02. The topological polar surface area (TPSA) is 172 Å². The van der Waals surface area contributed by atoms with Crippen molar-refractivity contribution in [3.8, 4) is 0 Å². The number of ketones is 2. The summed E-state index contributed by atoms with van der Waals surface area (Å²) in [7, 11) is 2.92. The number of halogens is 1. The minimum atomic E-state index is -1.02. The van der Waals surface area contributed by atoms with Crippen LogP contribution in [0, 0.1) is 11.8 Å². The van der Waals surface area contributed by atoms with E-state index in [1.165, 1.54) is 20.3 Å². The lowest BCUT2D eigenvalue weighted by atomic mass is 9.85. The number of amides is 2. The van der Waals surface area contributed by atoms with Gasteiger partial charge in [-0.3, -0.25) is 19.2 Å². The van der Waals surface area contributed by atoms with Crippen LogP contribution in [-0.2, 0) is 38.1 Å². The van der Waals surface area contributed by atoms with Crippen LogP contribution in [-0.4, -0.2) is 80.0 Å². The van der Waals surface area contributed by atoms with E-state index in [1.54, 1.807) is 38.2 Å². The number of hydrogen-bond donors (Lipinski definition) is 3. The van der Waals surface area contributed by atoms with Gasteiger partial charge in [-0.25, -0.2) is 4.79 Å². The molecule has 2 rings (SSSR count). The zero-order valence-corrected chi connectivity index (χ0v) is 28.7. The number of methoxy groups -OCH3 is 2. The van der Waals surface area contributed by atoms with Gasteiger partial charge in [0.25, 0.3) is 5.91 Å². The average molecular weight is 707 g/mol. The number of Topliss-reactive ketones (excluding diaryl/α,β-unsaturated/α-hetero) is 1. The SMILES string of the molecule is C=CCNC1=C2CC(C)C[C@H](OC)[C@H](OC(=O)CBr)[C@@H](C)/C=C(\C)[C@H](OC(N)=O)[C@@H](OC)/C=C\C=C(/C)C(=O)NC(=CC1=O)C2=O. The number of nitrogens with one attached hydrogen (secondary N) is 2. The number of ether oxygens (including phenoxy) is 4. The fourth-order valence-electron chi connectivity index (χ4n) is 5.30. The molecule has 252 valence electrons. The number of alkyl halides is 1. The summed E-state index contributed by atoms with van der Waals surface area (Å²) in [5.41, 5.74) is 6.38. The van der Waals surface area contributed by atoms with Crippen molar-refractivity contribution in [2.24, 2.45) is 17.6 Å². The Kier molecular flexibility index (Phi) is 15.3. The summed E-state index contributed by atoms with van der Waals surface area (Å²) >= 11 is 3.14. The van der Waals surface area contributed by atoms with E-state index in [0.717, 1.165) is 6.08 Å². The quantitative estimate of drug-likeness (QED) is 0.147. The highest BCUT2D eigenvalue weighted by Gasteiger charge is 2.35. The molecule has 46 heavy (non-hydrogen) atoms. The lowest BCUT2D eigenvalue weighted by Gasteiger charge is -2.32. The van der Waals surface area contributed by atoms with E-state index in [1.807, 2.05) is 13.8 Å². The van der Waals surface area contributed by atoms with Crippen molar-refractivity contribution in [1.29, 1.82) is 0 Å².